The largest absolute Gasteiger partial charge is 0.314 e. The van der Waals surface area contributed by atoms with Crippen molar-refractivity contribution in [2.45, 2.75) is 24.9 Å². The maximum atomic E-state index is 3.44. The Morgan fingerprint density at radius 2 is 1.89 bits per heavy atom. The first-order valence-electron chi connectivity index (χ1n) is 3.80. The highest BCUT2D eigenvalue weighted by atomic mass is 15.2. The van der Waals surface area contributed by atoms with Gasteiger partial charge in [-0.25, -0.2) is 0 Å². The Balaban J connectivity index is 0.000000500. The van der Waals surface area contributed by atoms with E-state index in [4.69, 9.17) is 0 Å². The highest BCUT2D eigenvalue weighted by molar-refractivity contribution is 4.92. The Hall–Kier alpha value is -0.0800. The molecule has 2 heterocycles. The van der Waals surface area contributed by atoms with Crippen LogP contribution in [0.4, 0.5) is 0 Å². The highest BCUT2D eigenvalue weighted by Crippen LogP contribution is 2.23. The zero-order chi connectivity index (χ0) is 6.27. The third-order valence-electron chi connectivity index (χ3n) is 2.74. The molecule has 2 atom stereocenters. The van der Waals surface area contributed by atoms with Crippen molar-refractivity contribution in [3.63, 3.8) is 0 Å². The van der Waals surface area contributed by atoms with Crippen LogP contribution in [-0.2, 0) is 0 Å². The molecule has 0 amide bonds. The van der Waals surface area contributed by atoms with E-state index in [1.54, 1.807) is 0 Å². The van der Waals surface area contributed by atoms with Crippen LogP contribution in [0.3, 0.4) is 0 Å². The van der Waals surface area contributed by atoms with Crippen molar-refractivity contribution in [1.29, 1.82) is 0 Å². The molecule has 9 heavy (non-hydrogen) atoms. The van der Waals surface area contributed by atoms with E-state index in [0.29, 0.717) is 0 Å². The Bertz CT molecular complexity index is 102. The van der Waals surface area contributed by atoms with Crippen LogP contribution < -0.4 is 5.32 Å². The summed E-state index contributed by atoms with van der Waals surface area (Å²) in [6.45, 7) is 2.43. The number of fused-ring (bicyclic) bond motifs is 2. The lowest BCUT2D eigenvalue weighted by molar-refractivity contribution is 0.193. The predicted molar refractivity (Wildman–Crippen MR) is 39.6 cm³/mol. The Morgan fingerprint density at radius 3 is 2.33 bits per heavy atom. The van der Waals surface area contributed by atoms with Crippen LogP contribution in [-0.4, -0.2) is 37.1 Å². The minimum absolute atomic E-state index is 0. The molecule has 0 aliphatic carbocycles. The molecular formula is C7H16N2. The summed E-state index contributed by atoms with van der Waals surface area (Å²) in [4.78, 5) is 2.52. The first kappa shape index (κ1) is 5.69. The highest BCUT2D eigenvalue weighted by Gasteiger charge is 2.32. The number of nitrogens with zero attached hydrogens (tertiary/aromatic N) is 1. The van der Waals surface area contributed by atoms with Crippen molar-refractivity contribution < 1.29 is 1.43 Å². The first-order valence-corrected chi connectivity index (χ1v) is 3.80. The molecule has 2 nitrogen and oxygen atoms in total. The second kappa shape index (κ2) is 1.96. The van der Waals surface area contributed by atoms with Crippen LogP contribution in [0.5, 0.6) is 0 Å². The van der Waals surface area contributed by atoms with Crippen molar-refractivity contribution in [3.05, 3.63) is 0 Å². The van der Waals surface area contributed by atoms with Crippen molar-refractivity contribution in [1.82, 2.24) is 10.2 Å². The van der Waals surface area contributed by atoms with Crippen LogP contribution in [0.2, 0.25) is 0 Å². The minimum atomic E-state index is 0. The van der Waals surface area contributed by atoms with E-state index < -0.39 is 0 Å². The Kier molecular flexibility index (Phi) is 1.24. The molecule has 0 radical (unpaired) electrons. The summed E-state index contributed by atoms with van der Waals surface area (Å²) in [5.74, 6) is 0. The molecule has 2 aliphatic heterocycles. The number of piperazine rings is 1. The lowest BCUT2D eigenvalue weighted by Crippen LogP contribution is -2.49. The SMILES string of the molecule is CN1C2CCC1CNC2.[HH]. The average Bonchev–Trinajstić information content (AvgIpc) is 2.19. The second-order valence-corrected chi connectivity index (χ2v) is 3.21. The first-order chi connectivity index (χ1) is 4.38. The van der Waals surface area contributed by atoms with Crippen LogP contribution in [0.15, 0.2) is 0 Å². The molecule has 0 aromatic heterocycles. The quantitative estimate of drug-likeness (QED) is 0.504. The molecular weight excluding hydrogens is 112 g/mol. The topological polar surface area (TPSA) is 15.3 Å². The van der Waals surface area contributed by atoms with Gasteiger partial charge in [-0.05, 0) is 19.9 Å². The van der Waals surface area contributed by atoms with Gasteiger partial charge in [-0.3, -0.25) is 4.90 Å². The van der Waals surface area contributed by atoms with Crippen molar-refractivity contribution in [2.24, 2.45) is 0 Å². The summed E-state index contributed by atoms with van der Waals surface area (Å²) in [5, 5.41) is 3.44. The third kappa shape index (κ3) is 0.775. The van der Waals surface area contributed by atoms with Crippen LogP contribution in [0.25, 0.3) is 0 Å². The second-order valence-electron chi connectivity index (χ2n) is 3.21. The summed E-state index contributed by atoms with van der Waals surface area (Å²) in [6.07, 6.45) is 2.82. The van der Waals surface area contributed by atoms with Gasteiger partial charge >= 0.3 is 0 Å². The van der Waals surface area contributed by atoms with E-state index in [9.17, 15) is 0 Å². The monoisotopic (exact) mass is 128 g/mol. The summed E-state index contributed by atoms with van der Waals surface area (Å²) in [7, 11) is 2.25. The van der Waals surface area contributed by atoms with Crippen LogP contribution in [0, 0.1) is 0 Å². The smallest absolute Gasteiger partial charge is 0.0221 e. The summed E-state index contributed by atoms with van der Waals surface area (Å²) < 4.78 is 0. The van der Waals surface area contributed by atoms with E-state index in [1.165, 1.54) is 25.9 Å². The maximum Gasteiger partial charge on any atom is 0.0221 e. The van der Waals surface area contributed by atoms with E-state index in [2.05, 4.69) is 17.3 Å². The minimum Gasteiger partial charge on any atom is -0.314 e. The van der Waals surface area contributed by atoms with Gasteiger partial charge in [0.1, 0.15) is 0 Å². The number of nitrogens with one attached hydrogen (secondary N) is 1. The lowest BCUT2D eigenvalue weighted by atomic mass is 10.2. The molecule has 2 unspecified atom stereocenters. The van der Waals surface area contributed by atoms with Crippen molar-refractivity contribution >= 4 is 0 Å². The molecule has 2 saturated heterocycles. The molecule has 2 fully saturated rings. The summed E-state index contributed by atoms with van der Waals surface area (Å²) in [5.41, 5.74) is 0. The normalized spacial score (nSPS) is 43.7. The summed E-state index contributed by atoms with van der Waals surface area (Å²) >= 11 is 0. The zero-order valence-electron chi connectivity index (χ0n) is 5.93. The van der Waals surface area contributed by atoms with Gasteiger partial charge in [0.05, 0.1) is 0 Å². The lowest BCUT2D eigenvalue weighted by Gasteiger charge is -2.31. The molecule has 2 heteroatoms. The van der Waals surface area contributed by atoms with Gasteiger partial charge in [-0.2, -0.15) is 0 Å². The van der Waals surface area contributed by atoms with Crippen LogP contribution >= 0.6 is 0 Å². The van der Waals surface area contributed by atoms with Gasteiger partial charge < -0.3 is 5.32 Å². The molecule has 0 spiro atoms. The molecule has 2 rings (SSSR count). The van der Waals surface area contributed by atoms with Gasteiger partial charge in [0, 0.05) is 26.6 Å². The summed E-state index contributed by atoms with van der Waals surface area (Å²) in [6, 6.07) is 1.70. The van der Waals surface area contributed by atoms with Crippen molar-refractivity contribution in [2.75, 3.05) is 20.1 Å². The number of rotatable bonds is 0. The van der Waals surface area contributed by atoms with E-state index in [0.717, 1.165) is 12.1 Å². The van der Waals surface area contributed by atoms with E-state index in [1.807, 2.05) is 0 Å². The van der Waals surface area contributed by atoms with Crippen molar-refractivity contribution in [3.8, 4) is 0 Å². The number of hydrogen-bond donors (Lipinski definition) is 1. The molecule has 1 N–H and O–H groups in total. The molecule has 54 valence electrons. The molecule has 2 aliphatic rings. The van der Waals surface area contributed by atoms with Gasteiger partial charge in [0.15, 0.2) is 0 Å². The van der Waals surface area contributed by atoms with E-state index >= 15 is 0 Å². The average molecular weight is 128 g/mol. The fraction of sp³-hybridized carbons (Fsp3) is 1.00. The molecule has 0 aromatic rings. The fourth-order valence-electron chi connectivity index (χ4n) is 2.00. The molecule has 0 aromatic carbocycles. The molecule has 0 saturated carbocycles. The van der Waals surface area contributed by atoms with Gasteiger partial charge in [-0.15, -0.1) is 0 Å². The van der Waals surface area contributed by atoms with Gasteiger partial charge in [0.2, 0.25) is 0 Å². The fourth-order valence-corrected chi connectivity index (χ4v) is 2.00. The Labute approximate surface area is 57.7 Å². The van der Waals surface area contributed by atoms with Gasteiger partial charge in [0.25, 0.3) is 0 Å². The third-order valence-corrected chi connectivity index (χ3v) is 2.74. The Morgan fingerprint density at radius 1 is 1.33 bits per heavy atom. The van der Waals surface area contributed by atoms with Gasteiger partial charge in [-0.1, -0.05) is 0 Å². The number of likely N-dealkylation sites (N-methyl/N-ethyl adjacent to an activating group) is 1. The predicted octanol–water partition coefficient (Wildman–Crippen LogP) is 0.298. The zero-order valence-corrected chi connectivity index (χ0v) is 5.93. The van der Waals surface area contributed by atoms with Crippen LogP contribution in [0.1, 0.15) is 14.3 Å². The van der Waals surface area contributed by atoms with E-state index in [-0.39, 0.29) is 1.43 Å². The number of hydrogen-bond acceptors (Lipinski definition) is 2. The molecule has 2 bridgehead atoms. The standard InChI is InChI=1S/C7H14N2.H2/c1-9-6-2-3-7(9)5-8-4-6;/h6-8H,2-5H2,1H3;1H. The maximum absolute atomic E-state index is 3.44.